The van der Waals surface area contributed by atoms with Gasteiger partial charge in [0.05, 0.1) is 6.10 Å². The lowest BCUT2D eigenvalue weighted by molar-refractivity contribution is 0.00528. The normalized spacial score (nSPS) is 17.7. The van der Waals surface area contributed by atoms with Crippen molar-refractivity contribution in [1.29, 1.82) is 0 Å². The molecule has 1 aromatic carbocycles. The second-order valence-corrected chi connectivity index (χ2v) is 5.99. The quantitative estimate of drug-likeness (QED) is 0.864. The number of amides is 1. The molecule has 0 saturated carbocycles. The van der Waals surface area contributed by atoms with E-state index in [9.17, 15) is 9.90 Å². The van der Waals surface area contributed by atoms with Gasteiger partial charge in [0.2, 0.25) is 0 Å². The summed E-state index contributed by atoms with van der Waals surface area (Å²) in [5.41, 5.74) is 0.625. The smallest absolute Gasteiger partial charge is 0.251 e. The summed E-state index contributed by atoms with van der Waals surface area (Å²) >= 11 is 3.34. The molecule has 1 fully saturated rings. The lowest BCUT2D eigenvalue weighted by Gasteiger charge is -2.26. The molecule has 1 aliphatic heterocycles. The van der Waals surface area contributed by atoms with Crippen LogP contribution in [0.1, 0.15) is 29.6 Å². The first-order valence-electron chi connectivity index (χ1n) is 6.96. The van der Waals surface area contributed by atoms with Gasteiger partial charge >= 0.3 is 0 Å². The van der Waals surface area contributed by atoms with Gasteiger partial charge in [-0.3, -0.25) is 4.79 Å². The van der Waals surface area contributed by atoms with Crippen molar-refractivity contribution in [2.24, 2.45) is 5.92 Å². The van der Waals surface area contributed by atoms with Crippen molar-refractivity contribution in [3.63, 3.8) is 0 Å². The van der Waals surface area contributed by atoms with E-state index in [-0.39, 0.29) is 12.0 Å². The van der Waals surface area contributed by atoms with E-state index in [1.807, 2.05) is 12.1 Å². The fourth-order valence-electron chi connectivity index (χ4n) is 2.40. The Morgan fingerprint density at radius 2 is 2.20 bits per heavy atom. The Hall–Kier alpha value is -0.910. The van der Waals surface area contributed by atoms with Gasteiger partial charge in [-0.25, -0.2) is 0 Å². The Morgan fingerprint density at radius 1 is 1.45 bits per heavy atom. The third-order valence-electron chi connectivity index (χ3n) is 3.62. The van der Waals surface area contributed by atoms with Gasteiger partial charge < -0.3 is 15.2 Å². The zero-order valence-corrected chi connectivity index (χ0v) is 12.9. The average Bonchev–Trinajstić information content (AvgIpc) is 2.48. The molecule has 110 valence electrons. The number of rotatable bonds is 5. The first-order valence-corrected chi connectivity index (χ1v) is 7.75. The van der Waals surface area contributed by atoms with E-state index in [1.165, 1.54) is 0 Å². The van der Waals surface area contributed by atoms with Gasteiger partial charge in [0.25, 0.3) is 5.91 Å². The second kappa shape index (κ2) is 7.76. The summed E-state index contributed by atoms with van der Waals surface area (Å²) in [4.78, 5) is 11.9. The molecule has 0 aliphatic carbocycles. The topological polar surface area (TPSA) is 58.6 Å². The maximum Gasteiger partial charge on any atom is 0.251 e. The number of carbonyl (C=O) groups is 1. The van der Waals surface area contributed by atoms with Gasteiger partial charge in [0, 0.05) is 29.8 Å². The summed E-state index contributed by atoms with van der Waals surface area (Å²) in [5.74, 6) is 0.192. The van der Waals surface area contributed by atoms with Crippen LogP contribution in [0.4, 0.5) is 0 Å². The molecule has 0 spiro atoms. The van der Waals surface area contributed by atoms with E-state index in [1.54, 1.807) is 12.1 Å². The maximum atomic E-state index is 11.9. The Morgan fingerprint density at radius 3 is 2.90 bits per heavy atom. The summed E-state index contributed by atoms with van der Waals surface area (Å²) in [6, 6.07) is 7.26. The summed E-state index contributed by atoms with van der Waals surface area (Å²) in [6.45, 7) is 1.95. The lowest BCUT2D eigenvalue weighted by Crippen LogP contribution is -2.32. The van der Waals surface area contributed by atoms with Gasteiger partial charge in [0.1, 0.15) is 0 Å². The second-order valence-electron chi connectivity index (χ2n) is 5.07. The molecule has 1 amide bonds. The van der Waals surface area contributed by atoms with Crippen LogP contribution in [0.25, 0.3) is 0 Å². The molecule has 1 aliphatic rings. The van der Waals surface area contributed by atoms with Crippen LogP contribution in [0.3, 0.4) is 0 Å². The van der Waals surface area contributed by atoms with Crippen molar-refractivity contribution in [3.8, 4) is 0 Å². The Kier molecular flexibility index (Phi) is 6.01. The summed E-state index contributed by atoms with van der Waals surface area (Å²) < 4.78 is 6.16. The number of ether oxygens (including phenoxy) is 1. The first kappa shape index (κ1) is 15.5. The standard InChI is InChI=1S/C15H20BrNO3/c16-13-3-1-2-12(10-13)15(19)17-7-4-14(18)11-5-8-20-9-6-11/h1-3,10-11,14,18H,4-9H2,(H,17,19)/t14-/m0/s1. The molecular formula is C15H20BrNO3. The van der Waals surface area contributed by atoms with Crippen molar-refractivity contribution in [2.75, 3.05) is 19.8 Å². The van der Waals surface area contributed by atoms with Crippen LogP contribution < -0.4 is 5.32 Å². The highest BCUT2D eigenvalue weighted by atomic mass is 79.9. The molecule has 1 heterocycles. The maximum absolute atomic E-state index is 11.9. The van der Waals surface area contributed by atoms with Crippen LogP contribution in [0.2, 0.25) is 0 Å². The third-order valence-corrected chi connectivity index (χ3v) is 4.12. The number of nitrogens with one attached hydrogen (secondary N) is 1. The van der Waals surface area contributed by atoms with Crippen LogP contribution in [-0.4, -0.2) is 36.9 Å². The minimum absolute atomic E-state index is 0.106. The van der Waals surface area contributed by atoms with Crippen molar-refractivity contribution >= 4 is 21.8 Å². The number of aliphatic hydroxyl groups is 1. The highest BCUT2D eigenvalue weighted by Gasteiger charge is 2.21. The molecular weight excluding hydrogens is 322 g/mol. The van der Waals surface area contributed by atoms with Crippen molar-refractivity contribution in [3.05, 3.63) is 34.3 Å². The Bertz CT molecular complexity index is 446. The molecule has 4 nitrogen and oxygen atoms in total. The number of hydrogen-bond acceptors (Lipinski definition) is 3. The van der Waals surface area contributed by atoms with Gasteiger partial charge in [-0.15, -0.1) is 0 Å². The predicted molar refractivity (Wildman–Crippen MR) is 80.6 cm³/mol. The van der Waals surface area contributed by atoms with E-state index < -0.39 is 0 Å². The number of benzene rings is 1. The Balaban J connectivity index is 1.73. The van der Waals surface area contributed by atoms with E-state index in [0.717, 1.165) is 30.5 Å². The van der Waals surface area contributed by atoms with Crippen LogP contribution in [0.15, 0.2) is 28.7 Å². The SMILES string of the molecule is O=C(NCC[C@H](O)C1CCOCC1)c1cccc(Br)c1. The minimum atomic E-state index is -0.360. The van der Waals surface area contributed by atoms with Crippen LogP contribution in [0, 0.1) is 5.92 Å². The van der Waals surface area contributed by atoms with E-state index in [2.05, 4.69) is 21.2 Å². The lowest BCUT2D eigenvalue weighted by atomic mass is 9.92. The number of carbonyl (C=O) groups excluding carboxylic acids is 1. The summed E-state index contributed by atoms with van der Waals surface area (Å²) in [5, 5.41) is 12.9. The number of aliphatic hydroxyl groups excluding tert-OH is 1. The Labute approximate surface area is 127 Å². The zero-order chi connectivity index (χ0) is 14.4. The largest absolute Gasteiger partial charge is 0.393 e. The summed E-state index contributed by atoms with van der Waals surface area (Å²) in [6.07, 6.45) is 2.04. The van der Waals surface area contributed by atoms with Gasteiger partial charge in [0.15, 0.2) is 0 Å². The fourth-order valence-corrected chi connectivity index (χ4v) is 2.80. The monoisotopic (exact) mass is 341 g/mol. The van der Waals surface area contributed by atoms with Gasteiger partial charge in [-0.1, -0.05) is 22.0 Å². The summed E-state index contributed by atoms with van der Waals surface area (Å²) in [7, 11) is 0. The van der Waals surface area contributed by atoms with Crippen LogP contribution in [0.5, 0.6) is 0 Å². The number of halogens is 1. The third kappa shape index (κ3) is 4.58. The van der Waals surface area contributed by atoms with Gasteiger partial charge in [-0.2, -0.15) is 0 Å². The molecule has 1 aromatic rings. The van der Waals surface area contributed by atoms with Gasteiger partial charge in [-0.05, 0) is 43.4 Å². The van der Waals surface area contributed by atoms with Crippen molar-refractivity contribution in [2.45, 2.75) is 25.4 Å². The molecule has 20 heavy (non-hydrogen) atoms. The molecule has 0 bridgehead atoms. The molecule has 0 radical (unpaired) electrons. The van der Waals surface area contributed by atoms with E-state index >= 15 is 0 Å². The van der Waals surface area contributed by atoms with E-state index in [0.29, 0.717) is 24.4 Å². The minimum Gasteiger partial charge on any atom is -0.393 e. The zero-order valence-electron chi connectivity index (χ0n) is 11.3. The molecule has 1 atom stereocenters. The number of hydrogen-bond donors (Lipinski definition) is 2. The predicted octanol–water partition coefficient (Wildman–Crippen LogP) is 2.36. The fraction of sp³-hybridized carbons (Fsp3) is 0.533. The molecule has 5 heteroatoms. The van der Waals surface area contributed by atoms with Crippen LogP contribution in [-0.2, 0) is 4.74 Å². The molecule has 1 saturated heterocycles. The highest BCUT2D eigenvalue weighted by molar-refractivity contribution is 9.10. The first-order chi connectivity index (χ1) is 9.66. The molecule has 0 aromatic heterocycles. The average molecular weight is 342 g/mol. The molecule has 0 unspecified atom stereocenters. The van der Waals surface area contributed by atoms with E-state index in [4.69, 9.17) is 4.74 Å². The molecule has 2 rings (SSSR count). The van der Waals surface area contributed by atoms with Crippen molar-refractivity contribution in [1.82, 2.24) is 5.32 Å². The van der Waals surface area contributed by atoms with Crippen LogP contribution >= 0.6 is 15.9 Å². The molecule has 2 N–H and O–H groups in total. The van der Waals surface area contributed by atoms with Crippen molar-refractivity contribution < 1.29 is 14.6 Å². The highest BCUT2D eigenvalue weighted by Crippen LogP contribution is 2.20.